The molecule has 4 rings (SSSR count). The van der Waals surface area contributed by atoms with Crippen LogP contribution in [0.15, 0.2) is 59.6 Å². The Kier molecular flexibility index (Phi) is 10.2. The number of nitrogens with one attached hydrogen (secondary N) is 1. The highest BCUT2D eigenvalue weighted by atomic mass is 32.2. The summed E-state index contributed by atoms with van der Waals surface area (Å²) in [6, 6.07) is 19.0. The highest BCUT2D eigenvalue weighted by Crippen LogP contribution is 2.38. The second kappa shape index (κ2) is 14.0. The van der Waals surface area contributed by atoms with Gasteiger partial charge < -0.3 is 19.5 Å². The van der Waals surface area contributed by atoms with Crippen LogP contribution in [0.2, 0.25) is 0 Å². The Balaban J connectivity index is 1.71. The van der Waals surface area contributed by atoms with E-state index in [4.69, 9.17) is 19.2 Å². The van der Waals surface area contributed by atoms with Gasteiger partial charge in [-0.15, -0.1) is 11.3 Å². The smallest absolute Gasteiger partial charge is 0.341 e. The van der Waals surface area contributed by atoms with Crippen molar-refractivity contribution >= 4 is 45.8 Å². The number of thioether (sulfide) groups is 1. The molecule has 2 heterocycles. The number of methoxy groups -OCH3 is 2. The largest absolute Gasteiger partial charge is 0.493 e. The molecule has 220 valence electrons. The van der Waals surface area contributed by atoms with Gasteiger partial charge in [-0.05, 0) is 50.1 Å². The van der Waals surface area contributed by atoms with E-state index in [0.717, 1.165) is 28.7 Å². The van der Waals surface area contributed by atoms with Gasteiger partial charge in [-0.1, -0.05) is 48.2 Å². The molecule has 0 saturated carbocycles. The molecule has 0 aliphatic carbocycles. The van der Waals surface area contributed by atoms with Gasteiger partial charge in [-0.3, -0.25) is 9.59 Å². The number of amides is 1. The summed E-state index contributed by atoms with van der Waals surface area (Å²) in [7, 11) is 3.09. The summed E-state index contributed by atoms with van der Waals surface area (Å²) in [4.78, 5) is 43.1. The summed E-state index contributed by atoms with van der Waals surface area (Å²) in [5, 5.41) is 13.6. The monoisotopic (exact) mass is 615 g/mol. The molecule has 0 spiro atoms. The molecule has 2 aromatic heterocycles. The zero-order chi connectivity index (χ0) is 31.1. The lowest BCUT2D eigenvalue weighted by Gasteiger charge is -2.14. The summed E-state index contributed by atoms with van der Waals surface area (Å²) >= 11 is 2.13. The molecular formula is C32H29N3O6S2. The minimum atomic E-state index is -0.615. The van der Waals surface area contributed by atoms with Crippen molar-refractivity contribution in [3.8, 4) is 40.0 Å². The van der Waals surface area contributed by atoms with Crippen molar-refractivity contribution < 1.29 is 28.6 Å². The molecule has 0 aliphatic heterocycles. The molecule has 0 bridgehead atoms. The van der Waals surface area contributed by atoms with Crippen LogP contribution in [-0.2, 0) is 9.53 Å². The van der Waals surface area contributed by atoms with Gasteiger partial charge in [0.1, 0.15) is 16.1 Å². The fourth-order valence-electron chi connectivity index (χ4n) is 4.41. The quantitative estimate of drug-likeness (QED) is 0.110. The number of esters is 1. The Morgan fingerprint density at radius 2 is 1.74 bits per heavy atom. The van der Waals surface area contributed by atoms with Gasteiger partial charge >= 0.3 is 5.97 Å². The number of carbonyl (C=O) groups is 3. The number of anilines is 1. The van der Waals surface area contributed by atoms with Gasteiger partial charge in [-0.2, -0.15) is 5.26 Å². The number of nitriles is 1. The Bertz CT molecular complexity index is 1730. The Hall–Kier alpha value is -4.66. The Labute approximate surface area is 257 Å². The van der Waals surface area contributed by atoms with Crippen LogP contribution in [0.4, 0.5) is 5.00 Å². The first-order valence-corrected chi connectivity index (χ1v) is 15.0. The van der Waals surface area contributed by atoms with Crippen molar-refractivity contribution in [2.75, 3.05) is 31.9 Å². The van der Waals surface area contributed by atoms with Crippen LogP contribution < -0.4 is 14.8 Å². The van der Waals surface area contributed by atoms with Gasteiger partial charge in [-0.25, -0.2) is 9.78 Å². The average Bonchev–Trinajstić information content (AvgIpc) is 3.35. The van der Waals surface area contributed by atoms with E-state index in [9.17, 15) is 19.6 Å². The van der Waals surface area contributed by atoms with E-state index in [2.05, 4.69) is 11.4 Å². The highest BCUT2D eigenvalue weighted by Gasteiger charge is 2.26. The molecule has 43 heavy (non-hydrogen) atoms. The third kappa shape index (κ3) is 6.88. The number of carbonyl (C=O) groups excluding carboxylic acids is 3. The van der Waals surface area contributed by atoms with E-state index in [1.807, 2.05) is 42.5 Å². The van der Waals surface area contributed by atoms with Crippen molar-refractivity contribution in [3.63, 3.8) is 0 Å². The molecular weight excluding hydrogens is 587 g/mol. The molecule has 0 radical (unpaired) electrons. The van der Waals surface area contributed by atoms with Crippen LogP contribution in [-0.4, -0.2) is 49.2 Å². The number of ether oxygens (including phenoxy) is 3. The van der Waals surface area contributed by atoms with Crippen LogP contribution in [0.3, 0.4) is 0 Å². The molecule has 11 heteroatoms. The maximum absolute atomic E-state index is 13.2. The normalized spacial score (nSPS) is 10.5. The van der Waals surface area contributed by atoms with E-state index in [0.29, 0.717) is 49.3 Å². The Morgan fingerprint density at radius 1 is 1.02 bits per heavy atom. The van der Waals surface area contributed by atoms with E-state index < -0.39 is 11.9 Å². The zero-order valence-electron chi connectivity index (χ0n) is 24.3. The van der Waals surface area contributed by atoms with Gasteiger partial charge in [0, 0.05) is 11.1 Å². The highest BCUT2D eigenvalue weighted by molar-refractivity contribution is 8.00. The number of Topliss-reactive ketones (excluding diaryl/α,β-unsaturated/α-hetero) is 1. The fourth-order valence-corrected chi connectivity index (χ4v) is 6.31. The van der Waals surface area contributed by atoms with Gasteiger partial charge in [0.2, 0.25) is 5.91 Å². The first-order chi connectivity index (χ1) is 20.7. The number of hydrogen-bond acceptors (Lipinski definition) is 10. The molecule has 0 saturated heterocycles. The summed E-state index contributed by atoms with van der Waals surface area (Å²) in [6.07, 6.45) is 0. The first-order valence-electron chi connectivity index (χ1n) is 13.2. The lowest BCUT2D eigenvalue weighted by atomic mass is 9.99. The standard InChI is InChI=1S/C32H29N3O6S2/c1-6-41-32(38)28-18(2)29(19(3)36)43-31(28)35-27(37)17-42-30-23(16-33)22(15-24(34-30)20-10-8-7-9-11-20)21-12-13-25(39-4)26(14-21)40-5/h7-15H,6,17H2,1-5H3,(H,35,37). The third-order valence-electron chi connectivity index (χ3n) is 6.40. The summed E-state index contributed by atoms with van der Waals surface area (Å²) in [6.45, 7) is 4.88. The second-order valence-corrected chi connectivity index (χ2v) is 11.1. The van der Waals surface area contributed by atoms with Gasteiger partial charge in [0.05, 0.1) is 48.3 Å². The Morgan fingerprint density at radius 3 is 2.37 bits per heavy atom. The van der Waals surface area contributed by atoms with Gasteiger partial charge in [0.15, 0.2) is 17.3 Å². The van der Waals surface area contributed by atoms with Crippen LogP contribution in [0.1, 0.15) is 45.0 Å². The molecule has 9 nitrogen and oxygen atoms in total. The minimum Gasteiger partial charge on any atom is -0.493 e. The SMILES string of the molecule is CCOC(=O)c1c(NC(=O)CSc2nc(-c3ccccc3)cc(-c3ccc(OC)c(OC)c3)c2C#N)sc(C(C)=O)c1C. The van der Waals surface area contributed by atoms with E-state index in [-0.39, 0.29) is 28.7 Å². The van der Waals surface area contributed by atoms with E-state index in [1.54, 1.807) is 33.1 Å². The van der Waals surface area contributed by atoms with Crippen molar-refractivity contribution in [2.45, 2.75) is 25.8 Å². The molecule has 0 atom stereocenters. The number of aromatic nitrogens is 1. The fraction of sp³-hybridized carbons (Fsp3) is 0.219. The predicted octanol–water partition coefficient (Wildman–Crippen LogP) is 6.78. The molecule has 0 aliphatic rings. The topological polar surface area (TPSA) is 128 Å². The van der Waals surface area contributed by atoms with Crippen molar-refractivity contribution in [2.24, 2.45) is 0 Å². The van der Waals surface area contributed by atoms with E-state index >= 15 is 0 Å². The summed E-state index contributed by atoms with van der Waals surface area (Å²) < 4.78 is 16.0. The van der Waals surface area contributed by atoms with Crippen LogP contribution in [0, 0.1) is 18.3 Å². The molecule has 2 aromatic carbocycles. The molecule has 1 amide bonds. The molecule has 0 unspecified atom stereocenters. The average molecular weight is 616 g/mol. The van der Waals surface area contributed by atoms with Crippen LogP contribution >= 0.6 is 23.1 Å². The van der Waals surface area contributed by atoms with E-state index in [1.165, 1.54) is 14.0 Å². The summed E-state index contributed by atoms with van der Waals surface area (Å²) in [5.74, 6) is -0.326. The number of thiophene rings is 1. The molecule has 4 aromatic rings. The number of benzene rings is 2. The van der Waals surface area contributed by atoms with Crippen LogP contribution in [0.25, 0.3) is 22.4 Å². The second-order valence-electron chi connectivity index (χ2n) is 9.16. The summed E-state index contributed by atoms with van der Waals surface area (Å²) in [5.41, 5.74) is 3.70. The zero-order valence-corrected chi connectivity index (χ0v) is 25.9. The van der Waals surface area contributed by atoms with Crippen molar-refractivity contribution in [1.29, 1.82) is 5.26 Å². The van der Waals surface area contributed by atoms with Gasteiger partial charge in [0.25, 0.3) is 0 Å². The lowest BCUT2D eigenvalue weighted by Crippen LogP contribution is -2.16. The predicted molar refractivity (Wildman–Crippen MR) is 167 cm³/mol. The lowest BCUT2D eigenvalue weighted by molar-refractivity contribution is -0.113. The third-order valence-corrected chi connectivity index (χ3v) is 8.68. The van der Waals surface area contributed by atoms with Crippen LogP contribution in [0.5, 0.6) is 11.5 Å². The number of hydrogen-bond donors (Lipinski definition) is 1. The first kappa shape index (κ1) is 31.3. The number of pyridine rings is 1. The molecule has 0 fully saturated rings. The molecule has 1 N–H and O–H groups in total. The minimum absolute atomic E-state index is 0.111. The maximum Gasteiger partial charge on any atom is 0.341 e. The van der Waals surface area contributed by atoms with Crippen molar-refractivity contribution in [3.05, 3.63) is 76.2 Å². The van der Waals surface area contributed by atoms with Crippen molar-refractivity contribution in [1.82, 2.24) is 4.98 Å². The number of ketones is 1. The number of rotatable bonds is 11. The maximum atomic E-state index is 13.2. The number of nitrogens with zero attached hydrogens (tertiary/aromatic N) is 2.